The Balaban J connectivity index is 1.53. The second-order valence-electron chi connectivity index (χ2n) is 6.26. The van der Waals surface area contributed by atoms with Gasteiger partial charge in [0.15, 0.2) is 5.82 Å². The van der Waals surface area contributed by atoms with Gasteiger partial charge in [-0.1, -0.05) is 0 Å². The number of hydrogen-bond donors (Lipinski definition) is 3. The molecule has 4 rings (SSSR count). The molecule has 2 aromatic carbocycles. The van der Waals surface area contributed by atoms with Crippen LogP contribution in [0, 0.1) is 12.7 Å². The van der Waals surface area contributed by atoms with Gasteiger partial charge in [0.1, 0.15) is 11.6 Å². The zero-order chi connectivity index (χ0) is 19.7. The second-order valence-corrected chi connectivity index (χ2v) is 7.11. The third-order valence-corrected chi connectivity index (χ3v) is 5.24. The lowest BCUT2D eigenvalue weighted by atomic mass is 10.0. The Morgan fingerprint density at radius 2 is 2.04 bits per heavy atom. The summed E-state index contributed by atoms with van der Waals surface area (Å²) in [6.45, 7) is 1.99. The fourth-order valence-electron chi connectivity index (χ4n) is 2.97. The van der Waals surface area contributed by atoms with E-state index in [2.05, 4.69) is 19.9 Å². The number of hydrogen-bond acceptors (Lipinski definition) is 6. The van der Waals surface area contributed by atoms with Crippen LogP contribution in [0.5, 0.6) is 5.75 Å². The maximum absolute atomic E-state index is 13.9. The van der Waals surface area contributed by atoms with Crippen molar-refractivity contribution in [1.82, 2.24) is 15.2 Å². The Morgan fingerprint density at radius 1 is 1.18 bits per heavy atom. The highest BCUT2D eigenvalue weighted by Crippen LogP contribution is 2.30. The highest BCUT2D eigenvalue weighted by atomic mass is 32.2. The lowest BCUT2D eigenvalue weighted by Crippen LogP contribution is -1.93. The SMILES string of the molecule is COc1ccc(F)c(SNc2ccc(-c3cc(C)c4c(N)n[nH]c4c3)nc2)c1. The standard InChI is InChI=1S/C20H18FN5OS/c1-11-7-12(8-17-19(11)20(22)25-24-17)16-6-3-13(10-23-16)26-28-18-9-14(27-2)4-5-15(18)21/h3-10,26H,1-2H3,(H3,22,24,25). The van der Waals surface area contributed by atoms with Gasteiger partial charge in [-0.05, 0) is 66.9 Å². The summed E-state index contributed by atoms with van der Waals surface area (Å²) in [5, 5.41) is 7.93. The third kappa shape index (κ3) is 3.46. The number of benzene rings is 2. The predicted molar refractivity (Wildman–Crippen MR) is 111 cm³/mol. The van der Waals surface area contributed by atoms with Crippen LogP contribution in [0.15, 0.2) is 53.6 Å². The number of nitrogens with two attached hydrogens (primary N) is 1. The van der Waals surface area contributed by atoms with E-state index >= 15 is 0 Å². The van der Waals surface area contributed by atoms with Gasteiger partial charge >= 0.3 is 0 Å². The summed E-state index contributed by atoms with van der Waals surface area (Å²) in [6, 6.07) is 12.4. The van der Waals surface area contributed by atoms with Crippen LogP contribution in [0.1, 0.15) is 5.56 Å². The van der Waals surface area contributed by atoms with E-state index in [9.17, 15) is 4.39 Å². The molecule has 4 aromatic rings. The summed E-state index contributed by atoms with van der Waals surface area (Å²) < 4.78 is 22.1. The van der Waals surface area contributed by atoms with Gasteiger partial charge in [-0.15, -0.1) is 0 Å². The van der Waals surface area contributed by atoms with E-state index in [0.29, 0.717) is 16.5 Å². The molecule has 6 nitrogen and oxygen atoms in total. The number of aromatic amines is 1. The summed E-state index contributed by atoms with van der Waals surface area (Å²) in [5.41, 5.74) is 10.4. The van der Waals surface area contributed by atoms with Crippen molar-refractivity contribution in [3.8, 4) is 17.0 Å². The summed E-state index contributed by atoms with van der Waals surface area (Å²) in [7, 11) is 1.55. The Bertz CT molecular complexity index is 1140. The molecule has 2 aromatic heterocycles. The molecule has 0 bridgehead atoms. The van der Waals surface area contributed by atoms with Crippen LogP contribution in [0.25, 0.3) is 22.2 Å². The molecule has 8 heteroatoms. The molecule has 2 heterocycles. The first-order chi connectivity index (χ1) is 13.5. The number of pyridine rings is 1. The highest BCUT2D eigenvalue weighted by molar-refractivity contribution is 8.00. The number of nitrogens with one attached hydrogen (secondary N) is 2. The molecule has 0 aliphatic carbocycles. The quantitative estimate of drug-likeness (QED) is 0.421. The lowest BCUT2D eigenvalue weighted by Gasteiger charge is -2.09. The number of aryl methyl sites for hydroxylation is 1. The van der Waals surface area contributed by atoms with Gasteiger partial charge in [0, 0.05) is 10.9 Å². The number of nitrogen functional groups attached to an aromatic ring is 1. The number of fused-ring (bicyclic) bond motifs is 1. The van der Waals surface area contributed by atoms with E-state index in [4.69, 9.17) is 10.5 Å². The van der Waals surface area contributed by atoms with E-state index in [-0.39, 0.29) is 5.82 Å². The zero-order valence-electron chi connectivity index (χ0n) is 15.3. The number of nitrogens with zero attached hydrogens (tertiary/aromatic N) is 2. The minimum Gasteiger partial charge on any atom is -0.497 e. The average molecular weight is 395 g/mol. The van der Waals surface area contributed by atoms with Crippen LogP contribution in [-0.2, 0) is 0 Å². The molecule has 28 heavy (non-hydrogen) atoms. The van der Waals surface area contributed by atoms with Gasteiger partial charge in [-0.25, -0.2) is 4.39 Å². The van der Waals surface area contributed by atoms with Crippen LogP contribution in [0.4, 0.5) is 15.9 Å². The van der Waals surface area contributed by atoms with Crippen LogP contribution >= 0.6 is 11.9 Å². The molecule has 0 unspecified atom stereocenters. The van der Waals surface area contributed by atoms with Crippen molar-refractivity contribution >= 4 is 34.4 Å². The van der Waals surface area contributed by atoms with Crippen LogP contribution in [0.2, 0.25) is 0 Å². The fraction of sp³-hybridized carbons (Fsp3) is 0.100. The molecule has 4 N–H and O–H groups in total. The maximum Gasteiger partial charge on any atom is 0.153 e. The summed E-state index contributed by atoms with van der Waals surface area (Å²) in [4.78, 5) is 4.96. The van der Waals surface area contributed by atoms with Gasteiger partial charge in [-0.2, -0.15) is 5.10 Å². The van der Waals surface area contributed by atoms with Crippen LogP contribution < -0.4 is 15.2 Å². The normalized spacial score (nSPS) is 11.0. The topological polar surface area (TPSA) is 88.9 Å². The van der Waals surface area contributed by atoms with Crippen LogP contribution in [0.3, 0.4) is 0 Å². The molecule has 142 valence electrons. The molecule has 0 saturated heterocycles. The molecular formula is C20H18FN5OS. The number of methoxy groups -OCH3 is 1. The molecule has 0 amide bonds. The number of anilines is 2. The fourth-order valence-corrected chi connectivity index (χ4v) is 3.66. The molecule has 0 aliphatic heterocycles. The Morgan fingerprint density at radius 3 is 2.79 bits per heavy atom. The average Bonchev–Trinajstić information content (AvgIpc) is 3.09. The Kier molecular flexibility index (Phi) is 4.79. The number of halogens is 1. The summed E-state index contributed by atoms with van der Waals surface area (Å²) in [6.07, 6.45) is 1.71. The van der Waals surface area contributed by atoms with Crippen molar-refractivity contribution in [1.29, 1.82) is 0 Å². The first kappa shape index (κ1) is 18.1. The van der Waals surface area contributed by atoms with Crippen molar-refractivity contribution in [3.05, 3.63) is 60.0 Å². The number of aromatic nitrogens is 3. The zero-order valence-corrected chi connectivity index (χ0v) is 16.1. The Labute approximate surface area is 165 Å². The van der Waals surface area contributed by atoms with Crippen molar-refractivity contribution in [3.63, 3.8) is 0 Å². The van der Waals surface area contributed by atoms with E-state index in [0.717, 1.165) is 33.4 Å². The summed E-state index contributed by atoms with van der Waals surface area (Å²) >= 11 is 1.17. The molecular weight excluding hydrogens is 377 g/mol. The number of ether oxygens (including phenoxy) is 1. The molecule has 0 aliphatic rings. The first-order valence-electron chi connectivity index (χ1n) is 8.52. The largest absolute Gasteiger partial charge is 0.497 e. The van der Waals surface area contributed by atoms with E-state index < -0.39 is 0 Å². The van der Waals surface area contributed by atoms with E-state index in [1.54, 1.807) is 25.4 Å². The minimum atomic E-state index is -0.314. The second kappa shape index (κ2) is 7.40. The monoisotopic (exact) mass is 395 g/mol. The predicted octanol–water partition coefficient (Wildman–Crippen LogP) is 4.78. The van der Waals surface area contributed by atoms with Gasteiger partial charge in [0.2, 0.25) is 0 Å². The molecule has 0 fully saturated rings. The van der Waals surface area contributed by atoms with E-state index in [1.165, 1.54) is 18.0 Å². The highest BCUT2D eigenvalue weighted by Gasteiger charge is 2.10. The summed E-state index contributed by atoms with van der Waals surface area (Å²) in [5.74, 6) is 0.781. The van der Waals surface area contributed by atoms with Crippen molar-refractivity contribution < 1.29 is 9.13 Å². The van der Waals surface area contributed by atoms with Gasteiger partial charge in [0.25, 0.3) is 0 Å². The lowest BCUT2D eigenvalue weighted by molar-refractivity contribution is 0.411. The molecule has 0 spiro atoms. The van der Waals surface area contributed by atoms with Crippen LogP contribution in [-0.4, -0.2) is 22.3 Å². The third-order valence-electron chi connectivity index (χ3n) is 4.36. The Hall–Kier alpha value is -3.26. The van der Waals surface area contributed by atoms with Crippen molar-refractivity contribution in [2.24, 2.45) is 0 Å². The van der Waals surface area contributed by atoms with Gasteiger partial charge in [-0.3, -0.25) is 10.1 Å². The van der Waals surface area contributed by atoms with E-state index in [1.807, 2.05) is 31.2 Å². The van der Waals surface area contributed by atoms with Gasteiger partial charge in [0.05, 0.1) is 35.1 Å². The van der Waals surface area contributed by atoms with Crippen molar-refractivity contribution in [2.45, 2.75) is 11.8 Å². The smallest absolute Gasteiger partial charge is 0.153 e. The molecule has 0 atom stereocenters. The minimum absolute atomic E-state index is 0.314. The van der Waals surface area contributed by atoms with Crippen molar-refractivity contribution in [2.75, 3.05) is 17.6 Å². The maximum atomic E-state index is 13.9. The van der Waals surface area contributed by atoms with Gasteiger partial charge < -0.3 is 15.2 Å². The first-order valence-corrected chi connectivity index (χ1v) is 9.34. The number of rotatable bonds is 5. The molecule has 0 radical (unpaired) electrons. The number of H-pyrrole nitrogens is 1. The molecule has 0 saturated carbocycles.